The fourth-order valence-corrected chi connectivity index (χ4v) is 3.07. The molecule has 1 unspecified atom stereocenters. The molecule has 0 saturated carbocycles. The zero-order valence-electron chi connectivity index (χ0n) is 12.2. The molecule has 1 saturated heterocycles. The highest BCUT2D eigenvalue weighted by atomic mass is 16.5. The van der Waals surface area contributed by atoms with Crippen molar-refractivity contribution in [3.8, 4) is 0 Å². The lowest BCUT2D eigenvalue weighted by Gasteiger charge is -2.31. The summed E-state index contributed by atoms with van der Waals surface area (Å²) in [6, 6.07) is 7.13. The molecule has 1 fully saturated rings. The average Bonchev–Trinajstić information content (AvgIpc) is 2.84. The second-order valence-electron chi connectivity index (χ2n) is 5.74. The number of carbonyl (C=O) groups is 3. The molecule has 2 amide bonds. The molecule has 116 valence electrons. The van der Waals surface area contributed by atoms with E-state index in [0.29, 0.717) is 31.5 Å². The first-order chi connectivity index (χ1) is 10.6. The van der Waals surface area contributed by atoms with Gasteiger partial charge in [0.2, 0.25) is 11.8 Å². The first kappa shape index (κ1) is 14.6. The van der Waals surface area contributed by atoms with E-state index in [2.05, 4.69) is 0 Å². The van der Waals surface area contributed by atoms with Crippen LogP contribution in [0.15, 0.2) is 24.3 Å². The smallest absolute Gasteiger partial charge is 0.339 e. The van der Waals surface area contributed by atoms with Crippen LogP contribution < -0.4 is 5.73 Å². The van der Waals surface area contributed by atoms with E-state index in [1.807, 2.05) is 12.1 Å². The molecule has 0 bridgehead atoms. The molecule has 0 aromatic heterocycles. The Kier molecular flexibility index (Phi) is 3.83. The maximum atomic E-state index is 12.4. The minimum absolute atomic E-state index is 0.0579. The Hall–Kier alpha value is -2.37. The third-order valence-corrected chi connectivity index (χ3v) is 4.39. The lowest BCUT2D eigenvalue weighted by Crippen LogP contribution is -2.42. The number of nitrogens with two attached hydrogens (primary N) is 1. The molecule has 2 N–H and O–H groups in total. The molecule has 1 aromatic carbocycles. The first-order valence-corrected chi connectivity index (χ1v) is 7.43. The summed E-state index contributed by atoms with van der Waals surface area (Å²) < 4.78 is 5.29. The van der Waals surface area contributed by atoms with Crippen molar-refractivity contribution in [2.24, 2.45) is 11.7 Å². The van der Waals surface area contributed by atoms with Gasteiger partial charge in [0.25, 0.3) is 0 Å². The van der Waals surface area contributed by atoms with E-state index in [1.165, 1.54) is 0 Å². The number of carbonyl (C=O) groups excluding carboxylic acids is 3. The number of benzene rings is 1. The van der Waals surface area contributed by atoms with Crippen molar-refractivity contribution in [1.29, 1.82) is 0 Å². The average molecular weight is 302 g/mol. The van der Waals surface area contributed by atoms with Crippen LogP contribution in [0.4, 0.5) is 0 Å². The van der Waals surface area contributed by atoms with E-state index in [4.69, 9.17) is 10.5 Å². The number of nitrogens with zero attached hydrogens (tertiary/aromatic N) is 1. The van der Waals surface area contributed by atoms with Gasteiger partial charge in [-0.2, -0.15) is 0 Å². The standard InChI is InChI=1S/C16H18N2O4/c17-15(20)10-5-7-18(8-6-10)14(19)9-13-11-3-1-2-4-12(11)16(21)22-13/h1-4,10,13H,5-9H2,(H2,17,20). The fourth-order valence-electron chi connectivity index (χ4n) is 3.07. The minimum atomic E-state index is -0.509. The molecule has 0 spiro atoms. The molecule has 1 aromatic rings. The van der Waals surface area contributed by atoms with Crippen LogP contribution in [0.5, 0.6) is 0 Å². The number of cyclic esters (lactones) is 1. The lowest BCUT2D eigenvalue weighted by molar-refractivity contribution is -0.136. The summed E-state index contributed by atoms with van der Waals surface area (Å²) in [5.74, 6) is -0.877. The molecule has 2 aliphatic rings. The first-order valence-electron chi connectivity index (χ1n) is 7.43. The van der Waals surface area contributed by atoms with Gasteiger partial charge in [0.1, 0.15) is 6.10 Å². The normalized spacial score (nSPS) is 21.4. The molecule has 6 nitrogen and oxygen atoms in total. The maximum Gasteiger partial charge on any atom is 0.339 e. The van der Waals surface area contributed by atoms with Crippen LogP contribution in [0, 0.1) is 5.92 Å². The van der Waals surface area contributed by atoms with E-state index in [1.54, 1.807) is 17.0 Å². The third kappa shape index (κ3) is 2.68. The number of hydrogen-bond donors (Lipinski definition) is 1. The van der Waals surface area contributed by atoms with E-state index in [0.717, 1.165) is 5.56 Å². The molecule has 2 aliphatic heterocycles. The van der Waals surface area contributed by atoms with Gasteiger partial charge in [0, 0.05) is 24.6 Å². The van der Waals surface area contributed by atoms with Gasteiger partial charge in [-0.15, -0.1) is 0 Å². The number of ether oxygens (including phenoxy) is 1. The number of piperidine rings is 1. The minimum Gasteiger partial charge on any atom is -0.453 e. The van der Waals surface area contributed by atoms with Gasteiger partial charge in [-0.1, -0.05) is 18.2 Å². The largest absolute Gasteiger partial charge is 0.453 e. The molecule has 22 heavy (non-hydrogen) atoms. The highest BCUT2D eigenvalue weighted by molar-refractivity contribution is 5.94. The van der Waals surface area contributed by atoms with Crippen molar-refractivity contribution < 1.29 is 19.1 Å². The van der Waals surface area contributed by atoms with Crippen LogP contribution in [-0.2, 0) is 14.3 Å². The summed E-state index contributed by atoms with van der Waals surface area (Å²) in [5, 5.41) is 0. The lowest BCUT2D eigenvalue weighted by atomic mass is 9.95. The summed E-state index contributed by atoms with van der Waals surface area (Å²) in [5.41, 5.74) is 6.60. The van der Waals surface area contributed by atoms with Crippen molar-refractivity contribution in [3.63, 3.8) is 0 Å². The van der Waals surface area contributed by atoms with Gasteiger partial charge in [-0.3, -0.25) is 9.59 Å². The van der Waals surface area contributed by atoms with Crippen LogP contribution in [0.25, 0.3) is 0 Å². The summed E-state index contributed by atoms with van der Waals surface area (Å²) in [6.07, 6.45) is 0.832. The monoisotopic (exact) mass is 302 g/mol. The van der Waals surface area contributed by atoms with Gasteiger partial charge >= 0.3 is 5.97 Å². The Balaban J connectivity index is 1.62. The SMILES string of the molecule is NC(=O)C1CCN(C(=O)CC2OC(=O)c3ccccc32)CC1. The van der Waals surface area contributed by atoms with Crippen molar-refractivity contribution in [2.75, 3.05) is 13.1 Å². The zero-order chi connectivity index (χ0) is 15.7. The predicted molar refractivity (Wildman–Crippen MR) is 77.7 cm³/mol. The number of likely N-dealkylation sites (tertiary alicyclic amines) is 1. The Morgan fingerprint density at radius 2 is 1.91 bits per heavy atom. The molecular weight excluding hydrogens is 284 g/mol. The van der Waals surface area contributed by atoms with Gasteiger partial charge in [0.15, 0.2) is 0 Å². The Morgan fingerprint density at radius 3 is 2.59 bits per heavy atom. The number of amides is 2. The zero-order valence-corrected chi connectivity index (χ0v) is 12.2. The van der Waals surface area contributed by atoms with Crippen molar-refractivity contribution in [1.82, 2.24) is 4.90 Å². The topological polar surface area (TPSA) is 89.7 Å². The van der Waals surface area contributed by atoms with Crippen LogP contribution >= 0.6 is 0 Å². The molecular formula is C16H18N2O4. The number of hydrogen-bond acceptors (Lipinski definition) is 4. The number of primary amides is 1. The maximum absolute atomic E-state index is 12.4. The van der Waals surface area contributed by atoms with Gasteiger partial charge in [-0.05, 0) is 18.9 Å². The Labute approximate surface area is 128 Å². The highest BCUT2D eigenvalue weighted by Crippen LogP contribution is 2.33. The number of rotatable bonds is 3. The van der Waals surface area contributed by atoms with E-state index in [9.17, 15) is 14.4 Å². The summed E-state index contributed by atoms with van der Waals surface area (Å²) in [4.78, 5) is 37.0. The second kappa shape index (κ2) is 5.79. The van der Waals surface area contributed by atoms with Crippen LogP contribution in [0.2, 0.25) is 0 Å². The quantitative estimate of drug-likeness (QED) is 0.844. The van der Waals surface area contributed by atoms with Crippen LogP contribution in [-0.4, -0.2) is 35.8 Å². The van der Waals surface area contributed by atoms with Crippen molar-refractivity contribution >= 4 is 17.8 Å². The summed E-state index contributed by atoms with van der Waals surface area (Å²) in [7, 11) is 0. The number of esters is 1. The van der Waals surface area contributed by atoms with Crippen molar-refractivity contribution in [3.05, 3.63) is 35.4 Å². The van der Waals surface area contributed by atoms with E-state index < -0.39 is 6.10 Å². The van der Waals surface area contributed by atoms with Crippen LogP contribution in [0.3, 0.4) is 0 Å². The molecule has 2 heterocycles. The Bertz CT molecular complexity index is 620. The molecule has 3 rings (SSSR count). The summed E-state index contributed by atoms with van der Waals surface area (Å²) in [6.45, 7) is 1.05. The van der Waals surface area contributed by atoms with Gasteiger partial charge < -0.3 is 15.4 Å². The second-order valence-corrected chi connectivity index (χ2v) is 5.74. The predicted octanol–water partition coefficient (Wildman–Crippen LogP) is 1.01. The molecule has 0 radical (unpaired) electrons. The van der Waals surface area contributed by atoms with Crippen LogP contribution in [0.1, 0.15) is 41.3 Å². The van der Waals surface area contributed by atoms with Crippen molar-refractivity contribution in [2.45, 2.75) is 25.4 Å². The highest BCUT2D eigenvalue weighted by Gasteiger charge is 2.34. The van der Waals surface area contributed by atoms with E-state index in [-0.39, 0.29) is 30.1 Å². The van der Waals surface area contributed by atoms with E-state index >= 15 is 0 Å². The summed E-state index contributed by atoms with van der Waals surface area (Å²) >= 11 is 0. The molecule has 1 atom stereocenters. The number of fused-ring (bicyclic) bond motifs is 1. The molecule has 6 heteroatoms. The van der Waals surface area contributed by atoms with Gasteiger partial charge in [-0.25, -0.2) is 4.79 Å². The fraction of sp³-hybridized carbons (Fsp3) is 0.438. The molecule has 0 aliphatic carbocycles. The third-order valence-electron chi connectivity index (χ3n) is 4.39. The Morgan fingerprint density at radius 1 is 1.23 bits per heavy atom. The van der Waals surface area contributed by atoms with Gasteiger partial charge in [0.05, 0.1) is 12.0 Å².